The molecule has 1 fully saturated rings. The van der Waals surface area contributed by atoms with E-state index in [0.29, 0.717) is 32.4 Å². The van der Waals surface area contributed by atoms with Crippen LogP contribution in [0.25, 0.3) is 10.4 Å². The fourth-order valence-electron chi connectivity index (χ4n) is 4.43. The predicted octanol–water partition coefficient (Wildman–Crippen LogP) is 4.56. The molecule has 1 unspecified atom stereocenters. The van der Waals surface area contributed by atoms with E-state index in [4.69, 9.17) is 0 Å². The van der Waals surface area contributed by atoms with Crippen molar-refractivity contribution in [1.82, 2.24) is 10.2 Å². The fourth-order valence-corrected chi connectivity index (χ4v) is 5.17. The number of nitrogens with zero attached hydrogens (tertiary/aromatic N) is 1. The Morgan fingerprint density at radius 2 is 1.77 bits per heavy atom. The molecule has 0 spiro atoms. The van der Waals surface area contributed by atoms with Crippen LogP contribution in [0.5, 0.6) is 0 Å². The molecule has 1 aliphatic rings. The maximum absolute atomic E-state index is 12.9. The maximum Gasteiger partial charge on any atom is 0.228 e. The van der Waals surface area contributed by atoms with E-state index in [1.807, 2.05) is 35.2 Å². The maximum atomic E-state index is 12.9. The summed E-state index contributed by atoms with van der Waals surface area (Å²) >= 11 is 1.72. The van der Waals surface area contributed by atoms with E-state index < -0.39 is 5.41 Å². The van der Waals surface area contributed by atoms with Crippen LogP contribution in [0.4, 0.5) is 0 Å². The van der Waals surface area contributed by atoms with Gasteiger partial charge in [-0.25, -0.2) is 0 Å². The second-order valence-electron chi connectivity index (χ2n) is 8.26. The smallest absolute Gasteiger partial charge is 0.228 e. The van der Waals surface area contributed by atoms with Crippen LogP contribution in [0, 0.1) is 5.41 Å². The third kappa shape index (κ3) is 4.88. The first kappa shape index (κ1) is 21.3. The minimum absolute atomic E-state index is 0.0215. The van der Waals surface area contributed by atoms with Gasteiger partial charge in [-0.1, -0.05) is 60.7 Å². The van der Waals surface area contributed by atoms with Crippen molar-refractivity contribution in [1.29, 1.82) is 0 Å². The molecule has 3 aromatic rings. The molecular formula is C26H28N2O2S. The van der Waals surface area contributed by atoms with E-state index in [2.05, 4.69) is 47.1 Å². The Bertz CT molecular complexity index is 1020. The number of benzene rings is 2. The van der Waals surface area contributed by atoms with Gasteiger partial charge in [0.05, 0.1) is 5.41 Å². The molecule has 4 rings (SSSR count). The topological polar surface area (TPSA) is 49.4 Å². The van der Waals surface area contributed by atoms with Crippen LogP contribution in [-0.2, 0) is 22.4 Å². The normalized spacial score (nSPS) is 18.2. The molecule has 0 bridgehead atoms. The third-order valence-corrected chi connectivity index (χ3v) is 7.11. The minimum atomic E-state index is -0.568. The molecule has 2 amide bonds. The number of rotatable bonds is 7. The second-order valence-corrected chi connectivity index (χ2v) is 9.21. The van der Waals surface area contributed by atoms with Gasteiger partial charge >= 0.3 is 0 Å². The molecule has 160 valence electrons. The summed E-state index contributed by atoms with van der Waals surface area (Å²) in [5, 5.41) is 4.92. The molecule has 1 saturated heterocycles. The summed E-state index contributed by atoms with van der Waals surface area (Å²) in [4.78, 5) is 28.8. The van der Waals surface area contributed by atoms with E-state index in [9.17, 15) is 9.59 Å². The summed E-state index contributed by atoms with van der Waals surface area (Å²) in [6.07, 6.45) is 2.53. The number of likely N-dealkylation sites (tertiary alicyclic amines) is 1. The number of aryl methyl sites for hydroxylation is 1. The van der Waals surface area contributed by atoms with Crippen LogP contribution in [0.3, 0.4) is 0 Å². The van der Waals surface area contributed by atoms with Crippen molar-refractivity contribution in [2.45, 2.75) is 25.7 Å². The van der Waals surface area contributed by atoms with Gasteiger partial charge in [0.2, 0.25) is 11.8 Å². The van der Waals surface area contributed by atoms with Crippen molar-refractivity contribution in [2.75, 3.05) is 20.1 Å². The molecule has 1 aliphatic heterocycles. The first-order chi connectivity index (χ1) is 15.1. The van der Waals surface area contributed by atoms with Crippen LogP contribution in [0.2, 0.25) is 0 Å². The molecule has 5 heteroatoms. The van der Waals surface area contributed by atoms with Gasteiger partial charge in [-0.3, -0.25) is 9.59 Å². The zero-order valence-corrected chi connectivity index (χ0v) is 18.7. The van der Waals surface area contributed by atoms with Crippen molar-refractivity contribution < 1.29 is 9.59 Å². The van der Waals surface area contributed by atoms with Crippen LogP contribution in [0.1, 0.15) is 24.0 Å². The highest BCUT2D eigenvalue weighted by molar-refractivity contribution is 7.13. The molecule has 2 aromatic carbocycles. The van der Waals surface area contributed by atoms with Crippen molar-refractivity contribution in [2.24, 2.45) is 5.41 Å². The van der Waals surface area contributed by atoms with E-state index in [1.165, 1.54) is 16.0 Å². The standard InChI is InChI=1S/C26H28N2O2S/c1-27-25(30)26(18-21-9-12-22(13-10-21)23-8-5-17-31-23)15-16-28(19-26)24(29)14-11-20-6-3-2-4-7-20/h2-10,12-13,17H,11,14-16,18-19H2,1H3,(H,27,30). The Hall–Kier alpha value is -2.92. The molecule has 31 heavy (non-hydrogen) atoms. The largest absolute Gasteiger partial charge is 0.359 e. The summed E-state index contributed by atoms with van der Waals surface area (Å²) in [6.45, 7) is 1.11. The number of hydrogen-bond donors (Lipinski definition) is 1. The lowest BCUT2D eigenvalue weighted by Gasteiger charge is -2.28. The second kappa shape index (κ2) is 9.48. The first-order valence-corrected chi connectivity index (χ1v) is 11.6. The molecule has 4 nitrogen and oxygen atoms in total. The highest BCUT2D eigenvalue weighted by Gasteiger charge is 2.45. The highest BCUT2D eigenvalue weighted by atomic mass is 32.1. The number of thiophene rings is 1. The van der Waals surface area contributed by atoms with Gasteiger partial charge in [0, 0.05) is 31.4 Å². The zero-order chi connectivity index (χ0) is 21.7. The quantitative estimate of drug-likeness (QED) is 0.595. The van der Waals surface area contributed by atoms with Gasteiger partial charge in [-0.05, 0) is 47.4 Å². The van der Waals surface area contributed by atoms with E-state index in [1.54, 1.807) is 18.4 Å². The molecule has 0 radical (unpaired) electrons. The van der Waals surface area contributed by atoms with Gasteiger partial charge in [0.25, 0.3) is 0 Å². The van der Waals surface area contributed by atoms with E-state index in [0.717, 1.165) is 12.0 Å². The van der Waals surface area contributed by atoms with Crippen molar-refractivity contribution >= 4 is 23.2 Å². The monoisotopic (exact) mass is 432 g/mol. The number of amides is 2. The molecule has 0 saturated carbocycles. The lowest BCUT2D eigenvalue weighted by atomic mass is 9.79. The molecule has 1 atom stereocenters. The fraction of sp³-hybridized carbons (Fsp3) is 0.308. The van der Waals surface area contributed by atoms with Gasteiger partial charge in [0.15, 0.2) is 0 Å². The first-order valence-electron chi connectivity index (χ1n) is 10.8. The molecule has 0 aliphatic carbocycles. The number of carbonyl (C=O) groups is 2. The number of carbonyl (C=O) groups excluding carboxylic acids is 2. The Morgan fingerprint density at radius 3 is 2.45 bits per heavy atom. The van der Waals surface area contributed by atoms with Crippen molar-refractivity contribution in [3.8, 4) is 10.4 Å². The molecule has 1 aromatic heterocycles. The van der Waals surface area contributed by atoms with Crippen LogP contribution >= 0.6 is 11.3 Å². The van der Waals surface area contributed by atoms with Crippen molar-refractivity contribution in [3.63, 3.8) is 0 Å². The van der Waals surface area contributed by atoms with Crippen molar-refractivity contribution in [3.05, 3.63) is 83.2 Å². The van der Waals surface area contributed by atoms with E-state index >= 15 is 0 Å². The van der Waals surface area contributed by atoms with Crippen LogP contribution in [-0.4, -0.2) is 36.9 Å². The Labute approximate surface area is 187 Å². The summed E-state index contributed by atoms with van der Waals surface area (Å²) in [5.41, 5.74) is 2.92. The number of hydrogen-bond acceptors (Lipinski definition) is 3. The summed E-state index contributed by atoms with van der Waals surface area (Å²) in [6, 6.07) is 22.7. The molecule has 1 N–H and O–H groups in total. The van der Waals surface area contributed by atoms with Crippen LogP contribution in [0.15, 0.2) is 72.1 Å². The van der Waals surface area contributed by atoms with Gasteiger partial charge in [-0.2, -0.15) is 0 Å². The Kier molecular flexibility index (Phi) is 6.52. The highest BCUT2D eigenvalue weighted by Crippen LogP contribution is 2.36. The molecular weight excluding hydrogens is 404 g/mol. The minimum Gasteiger partial charge on any atom is -0.359 e. The van der Waals surface area contributed by atoms with Crippen LogP contribution < -0.4 is 5.32 Å². The Morgan fingerprint density at radius 1 is 1.00 bits per heavy atom. The average molecular weight is 433 g/mol. The summed E-state index contributed by atoms with van der Waals surface area (Å²) in [5.74, 6) is 0.149. The summed E-state index contributed by atoms with van der Waals surface area (Å²) < 4.78 is 0. The average Bonchev–Trinajstić information content (AvgIpc) is 3.49. The summed E-state index contributed by atoms with van der Waals surface area (Å²) in [7, 11) is 1.68. The van der Waals surface area contributed by atoms with Gasteiger partial charge in [-0.15, -0.1) is 11.3 Å². The SMILES string of the molecule is CNC(=O)C1(Cc2ccc(-c3cccs3)cc2)CCN(C(=O)CCc2ccccc2)C1. The zero-order valence-electron chi connectivity index (χ0n) is 17.8. The van der Waals surface area contributed by atoms with E-state index in [-0.39, 0.29) is 11.8 Å². The predicted molar refractivity (Wildman–Crippen MR) is 126 cm³/mol. The van der Waals surface area contributed by atoms with Gasteiger partial charge in [0.1, 0.15) is 0 Å². The van der Waals surface area contributed by atoms with Gasteiger partial charge < -0.3 is 10.2 Å². The lowest BCUT2D eigenvalue weighted by molar-refractivity contribution is -0.133. The number of nitrogens with one attached hydrogen (secondary N) is 1. The lowest BCUT2D eigenvalue weighted by Crippen LogP contribution is -2.44. The Balaban J connectivity index is 1.43. The molecule has 2 heterocycles. The third-order valence-electron chi connectivity index (χ3n) is 6.19.